The van der Waals surface area contributed by atoms with Crippen molar-refractivity contribution in [2.24, 2.45) is 0 Å². The van der Waals surface area contributed by atoms with Gasteiger partial charge in [0.05, 0.1) is 32.0 Å². The first-order chi connectivity index (χ1) is 32.1. The summed E-state index contributed by atoms with van der Waals surface area (Å²) in [6, 6.07) is -0.908. The molecule has 12 atom stereocenters. The van der Waals surface area contributed by atoms with Crippen LogP contribution in [-0.2, 0) is 23.7 Å². The van der Waals surface area contributed by atoms with Crippen LogP contribution < -0.4 is 5.32 Å². The second-order valence-electron chi connectivity index (χ2n) is 19.4. The van der Waals surface area contributed by atoms with Crippen molar-refractivity contribution < 1.29 is 64.6 Å². The van der Waals surface area contributed by atoms with Gasteiger partial charge in [-0.05, 0) is 19.3 Å². The highest BCUT2D eigenvalue weighted by Gasteiger charge is 2.51. The molecule has 2 rings (SSSR count). The van der Waals surface area contributed by atoms with Crippen LogP contribution in [0.25, 0.3) is 0 Å². The Balaban J connectivity index is 1.83. The SMILES string of the molecule is CCCCCCCCCCCCCCCCC/C=C/[C@@H](O)[C@H](CO[C@@H]1O[C@H](CO)[C@@H](O[C@@H]2O[C@H](CO)[C@H](O)C(O)C2O)C(O)C1O)NC(=O)CCCCCCCCCCCCCCCCC. The van der Waals surface area contributed by atoms with Crippen LogP contribution >= 0.6 is 0 Å². The molecule has 390 valence electrons. The molecule has 14 nitrogen and oxygen atoms in total. The van der Waals surface area contributed by atoms with Gasteiger partial charge in [0.15, 0.2) is 12.6 Å². The number of aliphatic hydroxyl groups is 8. The molecule has 66 heavy (non-hydrogen) atoms. The molecule has 0 saturated carbocycles. The third kappa shape index (κ3) is 26.1. The fourth-order valence-corrected chi connectivity index (χ4v) is 9.06. The summed E-state index contributed by atoms with van der Waals surface area (Å²) in [4.78, 5) is 13.2. The highest BCUT2D eigenvalue weighted by molar-refractivity contribution is 5.76. The Kier molecular flexibility index (Phi) is 36.4. The molecule has 0 bridgehead atoms. The van der Waals surface area contributed by atoms with Crippen molar-refractivity contribution >= 4 is 5.91 Å². The summed E-state index contributed by atoms with van der Waals surface area (Å²) in [6.45, 7) is 2.80. The maximum absolute atomic E-state index is 13.2. The minimum Gasteiger partial charge on any atom is -0.394 e. The van der Waals surface area contributed by atoms with E-state index in [-0.39, 0.29) is 18.9 Å². The highest BCUT2D eigenvalue weighted by Crippen LogP contribution is 2.30. The zero-order chi connectivity index (χ0) is 48.2. The Morgan fingerprint density at radius 2 is 0.939 bits per heavy atom. The fourth-order valence-electron chi connectivity index (χ4n) is 9.06. The van der Waals surface area contributed by atoms with Gasteiger partial charge in [-0.15, -0.1) is 0 Å². The van der Waals surface area contributed by atoms with Crippen LogP contribution in [0.3, 0.4) is 0 Å². The molecule has 0 aromatic rings. The molecule has 4 unspecified atom stereocenters. The number of carbonyl (C=O) groups excluding carboxylic acids is 1. The Morgan fingerprint density at radius 1 is 0.530 bits per heavy atom. The molecule has 1 amide bonds. The van der Waals surface area contributed by atoms with E-state index < -0.39 is 86.8 Å². The molecule has 2 aliphatic heterocycles. The van der Waals surface area contributed by atoms with E-state index >= 15 is 0 Å². The fraction of sp³-hybridized carbons (Fsp3) is 0.942. The van der Waals surface area contributed by atoms with E-state index in [1.165, 1.54) is 154 Å². The number of hydrogen-bond acceptors (Lipinski definition) is 13. The van der Waals surface area contributed by atoms with E-state index in [1.807, 2.05) is 6.08 Å². The molecule has 2 heterocycles. The Morgan fingerprint density at radius 3 is 1.39 bits per heavy atom. The molecular weight excluding hydrogens is 847 g/mol. The second kappa shape index (κ2) is 39.5. The van der Waals surface area contributed by atoms with Gasteiger partial charge < -0.3 is 65.1 Å². The normalized spacial score (nSPS) is 26.8. The summed E-state index contributed by atoms with van der Waals surface area (Å²) < 4.78 is 22.7. The van der Waals surface area contributed by atoms with Gasteiger partial charge >= 0.3 is 0 Å². The Labute approximate surface area is 399 Å². The minimum absolute atomic E-state index is 0.237. The standard InChI is InChI=1S/C52H99NO13/c1-3-5-7-9-11-13-15-17-19-20-22-23-25-27-29-31-33-35-41(56)40(53-44(57)36-34-32-30-28-26-24-21-18-16-14-12-10-8-6-4-2)39-63-51-49(62)47(60)50(43(38-55)65-51)66-52-48(61)46(59)45(58)42(37-54)64-52/h33,35,40-43,45-52,54-56,58-62H,3-32,34,36-39H2,1-2H3,(H,53,57)/b35-33+/t40-,41+,42+,43+,45-,46?,47?,48?,49?,50+,51+,52-/m0/s1. The van der Waals surface area contributed by atoms with E-state index in [0.29, 0.717) is 6.42 Å². The predicted octanol–water partition coefficient (Wildman–Crippen LogP) is 7.55. The zero-order valence-electron chi connectivity index (χ0n) is 41.5. The van der Waals surface area contributed by atoms with Crippen molar-refractivity contribution in [3.8, 4) is 0 Å². The number of allylic oxidation sites excluding steroid dienone is 1. The number of amides is 1. The van der Waals surface area contributed by atoms with Crippen molar-refractivity contribution in [3.05, 3.63) is 12.2 Å². The van der Waals surface area contributed by atoms with Crippen LogP contribution in [0, 0.1) is 0 Å². The first-order valence-electron chi connectivity index (χ1n) is 26.9. The van der Waals surface area contributed by atoms with Gasteiger partial charge in [0.1, 0.15) is 48.8 Å². The van der Waals surface area contributed by atoms with Crippen LogP contribution in [-0.4, -0.2) is 140 Å². The summed E-state index contributed by atoms with van der Waals surface area (Å²) in [5.41, 5.74) is 0. The van der Waals surface area contributed by atoms with Crippen LogP contribution in [0.2, 0.25) is 0 Å². The van der Waals surface area contributed by atoms with E-state index in [9.17, 15) is 45.6 Å². The average molecular weight is 946 g/mol. The predicted molar refractivity (Wildman–Crippen MR) is 259 cm³/mol. The van der Waals surface area contributed by atoms with Gasteiger partial charge in [-0.2, -0.15) is 0 Å². The molecular formula is C52H99NO13. The van der Waals surface area contributed by atoms with Crippen molar-refractivity contribution in [2.45, 2.75) is 293 Å². The van der Waals surface area contributed by atoms with Crippen molar-refractivity contribution in [1.82, 2.24) is 5.32 Å². The average Bonchev–Trinajstić information content (AvgIpc) is 3.31. The number of aliphatic hydroxyl groups excluding tert-OH is 8. The number of ether oxygens (including phenoxy) is 4. The van der Waals surface area contributed by atoms with Crippen molar-refractivity contribution in [3.63, 3.8) is 0 Å². The lowest BCUT2D eigenvalue weighted by Crippen LogP contribution is -2.65. The Bertz CT molecular complexity index is 1160. The van der Waals surface area contributed by atoms with Crippen molar-refractivity contribution in [1.29, 1.82) is 0 Å². The zero-order valence-corrected chi connectivity index (χ0v) is 41.5. The summed E-state index contributed by atoms with van der Waals surface area (Å²) in [7, 11) is 0. The topological polar surface area (TPSA) is 228 Å². The molecule has 0 radical (unpaired) electrons. The van der Waals surface area contributed by atoms with E-state index in [0.717, 1.165) is 38.5 Å². The number of nitrogens with one attached hydrogen (secondary N) is 1. The quantitative estimate of drug-likeness (QED) is 0.0213. The lowest BCUT2D eigenvalue weighted by atomic mass is 9.97. The summed E-state index contributed by atoms with van der Waals surface area (Å²) in [5.74, 6) is -0.237. The third-order valence-corrected chi connectivity index (χ3v) is 13.5. The third-order valence-electron chi connectivity index (χ3n) is 13.5. The second-order valence-corrected chi connectivity index (χ2v) is 19.4. The van der Waals surface area contributed by atoms with Gasteiger partial charge in [0.2, 0.25) is 5.91 Å². The maximum atomic E-state index is 13.2. The largest absolute Gasteiger partial charge is 0.394 e. The Hall–Kier alpha value is -1.27. The number of hydrogen-bond donors (Lipinski definition) is 9. The maximum Gasteiger partial charge on any atom is 0.220 e. The summed E-state index contributed by atoms with van der Waals surface area (Å²) in [5, 5.41) is 86.8. The number of unbranched alkanes of at least 4 members (excludes halogenated alkanes) is 29. The van der Waals surface area contributed by atoms with E-state index in [2.05, 4.69) is 19.2 Å². The smallest absolute Gasteiger partial charge is 0.220 e. The molecule has 0 aliphatic carbocycles. The van der Waals surface area contributed by atoms with E-state index in [1.54, 1.807) is 6.08 Å². The molecule has 0 aromatic heterocycles. The van der Waals surface area contributed by atoms with Crippen LogP contribution in [0.1, 0.15) is 219 Å². The molecule has 0 spiro atoms. The van der Waals surface area contributed by atoms with E-state index in [4.69, 9.17) is 18.9 Å². The van der Waals surface area contributed by atoms with Gasteiger partial charge in [0.25, 0.3) is 0 Å². The van der Waals surface area contributed by atoms with Crippen LogP contribution in [0.4, 0.5) is 0 Å². The molecule has 2 saturated heterocycles. The summed E-state index contributed by atoms with van der Waals surface area (Å²) >= 11 is 0. The minimum atomic E-state index is -1.78. The van der Waals surface area contributed by atoms with Gasteiger partial charge in [-0.25, -0.2) is 0 Å². The highest BCUT2D eigenvalue weighted by atomic mass is 16.7. The molecule has 9 N–H and O–H groups in total. The first-order valence-corrected chi connectivity index (χ1v) is 26.9. The molecule has 0 aromatic carbocycles. The molecule has 14 heteroatoms. The lowest BCUT2D eigenvalue weighted by molar-refractivity contribution is -0.359. The lowest BCUT2D eigenvalue weighted by Gasteiger charge is -2.46. The van der Waals surface area contributed by atoms with Gasteiger partial charge in [-0.1, -0.05) is 206 Å². The first kappa shape index (κ1) is 60.9. The van der Waals surface area contributed by atoms with Crippen LogP contribution in [0.15, 0.2) is 12.2 Å². The monoisotopic (exact) mass is 946 g/mol. The van der Waals surface area contributed by atoms with Crippen LogP contribution in [0.5, 0.6) is 0 Å². The number of rotatable bonds is 42. The van der Waals surface area contributed by atoms with Gasteiger partial charge in [-0.3, -0.25) is 4.79 Å². The molecule has 2 aliphatic rings. The van der Waals surface area contributed by atoms with Crippen molar-refractivity contribution in [2.75, 3.05) is 19.8 Å². The number of carbonyl (C=O) groups is 1. The summed E-state index contributed by atoms with van der Waals surface area (Å²) in [6.07, 6.45) is 25.3. The molecule has 2 fully saturated rings. The van der Waals surface area contributed by atoms with Gasteiger partial charge in [0, 0.05) is 6.42 Å².